The molecular formula is C30H55NO10P+. The Morgan fingerprint density at radius 2 is 1.52 bits per heavy atom. The summed E-state index contributed by atoms with van der Waals surface area (Å²) in [7, 11) is 1.30. The summed E-state index contributed by atoms with van der Waals surface area (Å²) < 4.78 is 32.5. The van der Waals surface area contributed by atoms with Crippen LogP contribution in [0, 0.1) is 0 Å². The fraction of sp³-hybridized carbons (Fsp3) is 0.733. The Hall–Kier alpha value is -1.85. The molecule has 11 nitrogen and oxygen atoms in total. The minimum absolute atomic E-state index is 0.0178. The van der Waals surface area contributed by atoms with Crippen molar-refractivity contribution in [1.29, 1.82) is 0 Å². The molecule has 0 spiro atoms. The van der Waals surface area contributed by atoms with Crippen molar-refractivity contribution < 1.29 is 52.3 Å². The number of carbonyl (C=O) groups excluding carboxylic acids is 2. The molecule has 0 aliphatic heterocycles. The number of hydrogen-bond acceptors (Lipinski definition) is 9. The number of aliphatic hydroxyl groups excluding tert-OH is 2. The van der Waals surface area contributed by atoms with E-state index in [2.05, 4.69) is 31.2 Å². The van der Waals surface area contributed by atoms with E-state index < -0.39 is 44.7 Å². The van der Waals surface area contributed by atoms with Gasteiger partial charge in [0.15, 0.2) is 6.10 Å². The highest BCUT2D eigenvalue weighted by molar-refractivity contribution is 7.47. The molecule has 0 aromatic carbocycles. The van der Waals surface area contributed by atoms with Gasteiger partial charge in [0, 0.05) is 13.3 Å². The van der Waals surface area contributed by atoms with Crippen LogP contribution in [0.5, 0.6) is 0 Å². The van der Waals surface area contributed by atoms with Gasteiger partial charge in [-0.3, -0.25) is 18.6 Å². The number of ether oxygens (including phenoxy) is 2. The van der Waals surface area contributed by atoms with Gasteiger partial charge in [-0.05, 0) is 44.9 Å². The summed E-state index contributed by atoms with van der Waals surface area (Å²) >= 11 is 0. The molecule has 0 saturated carbocycles. The van der Waals surface area contributed by atoms with E-state index in [-0.39, 0.29) is 32.5 Å². The summed E-state index contributed by atoms with van der Waals surface area (Å²) in [5, 5.41) is 20.3. The number of hydrogen-bond donors (Lipinski definition) is 3. The van der Waals surface area contributed by atoms with Crippen molar-refractivity contribution >= 4 is 19.8 Å². The highest BCUT2D eigenvalue weighted by Crippen LogP contribution is 2.43. The third-order valence-corrected chi connectivity index (χ3v) is 6.91. The first kappa shape index (κ1) is 40.1. The third kappa shape index (κ3) is 25.8. The maximum Gasteiger partial charge on any atom is 0.472 e. The zero-order chi connectivity index (χ0) is 31.9. The summed E-state index contributed by atoms with van der Waals surface area (Å²) in [5.74, 6) is -1.28. The van der Waals surface area contributed by atoms with Crippen LogP contribution in [-0.2, 0) is 32.7 Å². The largest absolute Gasteiger partial charge is 0.472 e. The SMILES string of the molecule is CCCCC/C=C\C/C=C\C/C=C\CC(O)C(O)CCCC(=O)OC[C@H](COP(=O)(O)OCC[N+](C)(C)C)OC(C)=O. The Kier molecular flexibility index (Phi) is 22.5. The van der Waals surface area contributed by atoms with Crippen LogP contribution in [0.15, 0.2) is 36.5 Å². The molecular weight excluding hydrogens is 565 g/mol. The van der Waals surface area contributed by atoms with E-state index in [0.29, 0.717) is 17.4 Å². The van der Waals surface area contributed by atoms with Crippen LogP contribution in [0.25, 0.3) is 0 Å². The number of quaternary nitrogens is 1. The fourth-order valence-electron chi connectivity index (χ4n) is 3.47. The maximum absolute atomic E-state index is 12.1. The summed E-state index contributed by atoms with van der Waals surface area (Å²) in [5.41, 5.74) is 0. The summed E-state index contributed by atoms with van der Waals surface area (Å²) in [6, 6.07) is 0. The topological polar surface area (TPSA) is 149 Å². The average molecular weight is 621 g/mol. The van der Waals surface area contributed by atoms with Crippen molar-refractivity contribution in [2.75, 3.05) is 47.5 Å². The van der Waals surface area contributed by atoms with Gasteiger partial charge in [-0.1, -0.05) is 56.2 Å². The molecule has 0 amide bonds. The second kappa shape index (κ2) is 23.6. The van der Waals surface area contributed by atoms with Gasteiger partial charge in [-0.2, -0.15) is 0 Å². The van der Waals surface area contributed by atoms with Crippen molar-refractivity contribution in [2.45, 2.75) is 96.4 Å². The molecule has 0 saturated heterocycles. The molecule has 0 aliphatic rings. The lowest BCUT2D eigenvalue weighted by Crippen LogP contribution is -2.37. The quantitative estimate of drug-likeness (QED) is 0.0434. The number of aliphatic hydroxyl groups is 2. The number of esters is 2. The van der Waals surface area contributed by atoms with Crippen LogP contribution < -0.4 is 0 Å². The lowest BCUT2D eigenvalue weighted by Gasteiger charge is -2.24. The molecule has 0 fully saturated rings. The lowest BCUT2D eigenvalue weighted by molar-refractivity contribution is -0.870. The maximum atomic E-state index is 12.1. The number of carbonyl (C=O) groups is 2. The van der Waals surface area contributed by atoms with E-state index in [1.165, 1.54) is 19.3 Å². The Labute approximate surface area is 252 Å². The smallest absolute Gasteiger partial charge is 0.462 e. The molecule has 0 rings (SSSR count). The van der Waals surface area contributed by atoms with Crippen molar-refractivity contribution in [1.82, 2.24) is 0 Å². The molecule has 12 heteroatoms. The molecule has 0 aromatic rings. The zero-order valence-corrected chi connectivity index (χ0v) is 27.1. The van der Waals surface area contributed by atoms with Gasteiger partial charge in [-0.25, -0.2) is 4.57 Å². The number of phosphoric ester groups is 1. The average Bonchev–Trinajstić information content (AvgIpc) is 2.89. The van der Waals surface area contributed by atoms with Gasteiger partial charge in [0.25, 0.3) is 0 Å². The van der Waals surface area contributed by atoms with Gasteiger partial charge in [0.05, 0.1) is 40.0 Å². The Morgan fingerprint density at radius 1 is 0.881 bits per heavy atom. The Balaban J connectivity index is 4.25. The van der Waals surface area contributed by atoms with Gasteiger partial charge in [-0.15, -0.1) is 0 Å². The lowest BCUT2D eigenvalue weighted by atomic mass is 10.0. The minimum Gasteiger partial charge on any atom is -0.462 e. The van der Waals surface area contributed by atoms with Crippen LogP contribution in [0.3, 0.4) is 0 Å². The van der Waals surface area contributed by atoms with Crippen LogP contribution >= 0.6 is 7.82 Å². The summed E-state index contributed by atoms with van der Waals surface area (Å²) in [6.45, 7) is 2.91. The number of unbranched alkanes of at least 4 members (excludes halogenated alkanes) is 3. The van der Waals surface area contributed by atoms with E-state index in [1.807, 2.05) is 33.3 Å². The predicted molar refractivity (Wildman–Crippen MR) is 162 cm³/mol. The van der Waals surface area contributed by atoms with Gasteiger partial charge >= 0.3 is 19.8 Å². The normalized spacial score (nSPS) is 16.1. The first-order valence-electron chi connectivity index (χ1n) is 14.8. The molecule has 3 N–H and O–H groups in total. The first-order valence-corrected chi connectivity index (χ1v) is 16.3. The highest BCUT2D eigenvalue weighted by atomic mass is 31.2. The molecule has 4 atom stereocenters. The second-order valence-electron chi connectivity index (χ2n) is 11.2. The standard InChI is InChI=1S/C30H54NO10P/c1-6-7-8-9-10-11-12-13-14-15-16-17-19-28(33)29(34)20-18-21-30(35)38-24-27(41-26(2)32)25-40-42(36,37)39-23-22-31(3,4)5/h10-11,13-14,16-17,27-29,33-34H,6-9,12,15,18-25H2,1-5H3/p+1/b11-10-,14-13-,17-16-/t27-,28?,29?/m1/s1. The first-order chi connectivity index (χ1) is 19.8. The molecule has 0 radical (unpaired) electrons. The molecule has 42 heavy (non-hydrogen) atoms. The number of rotatable bonds is 25. The van der Waals surface area contributed by atoms with E-state index in [0.717, 1.165) is 26.2 Å². The van der Waals surface area contributed by atoms with Crippen molar-refractivity contribution in [3.8, 4) is 0 Å². The molecule has 3 unspecified atom stereocenters. The van der Waals surface area contributed by atoms with Gasteiger partial charge in [0.1, 0.15) is 19.8 Å². The molecule has 0 aliphatic carbocycles. The van der Waals surface area contributed by atoms with E-state index in [1.54, 1.807) is 0 Å². The molecule has 244 valence electrons. The third-order valence-electron chi connectivity index (χ3n) is 5.92. The molecule has 0 heterocycles. The predicted octanol–water partition coefficient (Wildman–Crippen LogP) is 4.61. The van der Waals surface area contributed by atoms with E-state index in [9.17, 15) is 29.3 Å². The summed E-state index contributed by atoms with van der Waals surface area (Å²) in [6.07, 6.45) is 16.5. The monoisotopic (exact) mass is 620 g/mol. The highest BCUT2D eigenvalue weighted by Gasteiger charge is 2.26. The van der Waals surface area contributed by atoms with Crippen LogP contribution in [-0.4, -0.2) is 97.3 Å². The molecule has 0 bridgehead atoms. The van der Waals surface area contributed by atoms with Gasteiger partial charge in [0.2, 0.25) is 0 Å². The fourth-order valence-corrected chi connectivity index (χ4v) is 4.21. The summed E-state index contributed by atoms with van der Waals surface area (Å²) in [4.78, 5) is 33.3. The Bertz CT molecular complexity index is 869. The zero-order valence-electron chi connectivity index (χ0n) is 26.2. The molecule has 0 aromatic heterocycles. The number of nitrogens with zero attached hydrogens (tertiary/aromatic N) is 1. The van der Waals surface area contributed by atoms with E-state index >= 15 is 0 Å². The van der Waals surface area contributed by atoms with Crippen LogP contribution in [0.4, 0.5) is 0 Å². The minimum atomic E-state index is -4.39. The van der Waals surface area contributed by atoms with Crippen molar-refractivity contribution in [2.24, 2.45) is 0 Å². The second-order valence-corrected chi connectivity index (χ2v) is 12.6. The van der Waals surface area contributed by atoms with Crippen molar-refractivity contribution in [3.63, 3.8) is 0 Å². The van der Waals surface area contributed by atoms with E-state index in [4.69, 9.17) is 18.5 Å². The Morgan fingerprint density at radius 3 is 2.14 bits per heavy atom. The van der Waals surface area contributed by atoms with Crippen LogP contribution in [0.1, 0.15) is 78.1 Å². The van der Waals surface area contributed by atoms with Gasteiger partial charge < -0.3 is 29.1 Å². The number of likely N-dealkylation sites (N-methyl/N-ethyl adjacent to an activating group) is 1. The van der Waals surface area contributed by atoms with Crippen molar-refractivity contribution in [3.05, 3.63) is 36.5 Å². The van der Waals surface area contributed by atoms with Crippen LogP contribution in [0.2, 0.25) is 0 Å². The number of phosphoric acid groups is 1. The number of allylic oxidation sites excluding steroid dienone is 5.